The molecule has 0 aliphatic heterocycles. The normalized spacial score (nSPS) is 11.9. The molecule has 2 aromatic rings. The van der Waals surface area contributed by atoms with E-state index in [-0.39, 0.29) is 24.3 Å². The first-order chi connectivity index (χ1) is 13.0. The van der Waals surface area contributed by atoms with Gasteiger partial charge >= 0.3 is 0 Å². The summed E-state index contributed by atoms with van der Waals surface area (Å²) < 4.78 is 0. The van der Waals surface area contributed by atoms with Crippen LogP contribution in [0.1, 0.15) is 43.2 Å². The minimum atomic E-state index is -0.205. The zero-order valence-corrected chi connectivity index (χ0v) is 16.3. The Hall–Kier alpha value is -2.76. The zero-order chi connectivity index (χ0) is 19.6. The average molecular weight is 368 g/mol. The zero-order valence-electron chi connectivity index (χ0n) is 16.3. The van der Waals surface area contributed by atoms with Crippen LogP contribution in [0.3, 0.4) is 0 Å². The van der Waals surface area contributed by atoms with Gasteiger partial charge < -0.3 is 10.2 Å². The minimum Gasteiger partial charge on any atom is -0.353 e. The lowest BCUT2D eigenvalue weighted by molar-refractivity contribution is -0.122. The maximum atomic E-state index is 12.8. The first-order valence-corrected chi connectivity index (χ1v) is 9.36. The molecule has 0 radical (unpaired) electrons. The molecule has 1 aromatic carbocycles. The molecule has 0 fully saturated rings. The molecule has 27 heavy (non-hydrogen) atoms. The number of benzene rings is 1. The summed E-state index contributed by atoms with van der Waals surface area (Å²) in [6.45, 7) is 6.98. The standard InChI is InChI=1S/C21H28N4O2/c1-16(2)17(3)24-20(26)10-14-25(13-9-18-7-5-4-6-8-18)21(27)19-15-22-11-12-23-19/h4-8,11-12,15-17H,9-10,13-14H2,1-3H3,(H,24,26)/t17-/m1/s1. The van der Waals surface area contributed by atoms with E-state index in [4.69, 9.17) is 0 Å². The molecule has 1 aromatic heterocycles. The van der Waals surface area contributed by atoms with Gasteiger partial charge in [0, 0.05) is 37.9 Å². The molecule has 6 nitrogen and oxygen atoms in total. The molecule has 0 bridgehead atoms. The molecule has 6 heteroatoms. The van der Waals surface area contributed by atoms with Gasteiger partial charge in [0.2, 0.25) is 5.91 Å². The van der Waals surface area contributed by atoms with E-state index in [0.29, 0.717) is 24.7 Å². The average Bonchev–Trinajstić information content (AvgIpc) is 2.69. The Bertz CT molecular complexity index is 719. The molecule has 1 atom stereocenters. The van der Waals surface area contributed by atoms with Crippen molar-refractivity contribution < 1.29 is 9.59 Å². The van der Waals surface area contributed by atoms with Gasteiger partial charge in [0.25, 0.3) is 5.91 Å². The summed E-state index contributed by atoms with van der Waals surface area (Å²) in [6, 6.07) is 10.1. The highest BCUT2D eigenvalue weighted by Gasteiger charge is 2.19. The third-order valence-corrected chi connectivity index (χ3v) is 4.58. The lowest BCUT2D eigenvalue weighted by atomic mass is 10.1. The van der Waals surface area contributed by atoms with E-state index in [2.05, 4.69) is 29.1 Å². The summed E-state index contributed by atoms with van der Waals surface area (Å²) >= 11 is 0. The third-order valence-electron chi connectivity index (χ3n) is 4.58. The number of hydrogen-bond donors (Lipinski definition) is 1. The second kappa shape index (κ2) is 10.4. The Labute approximate surface area is 161 Å². The maximum absolute atomic E-state index is 12.8. The van der Waals surface area contributed by atoms with Gasteiger partial charge in [-0.3, -0.25) is 14.6 Å². The van der Waals surface area contributed by atoms with Crippen LogP contribution in [0.2, 0.25) is 0 Å². The van der Waals surface area contributed by atoms with Gasteiger partial charge in [-0.1, -0.05) is 44.2 Å². The van der Waals surface area contributed by atoms with E-state index in [1.807, 2.05) is 37.3 Å². The van der Waals surface area contributed by atoms with E-state index in [0.717, 1.165) is 12.0 Å². The van der Waals surface area contributed by atoms with Crippen LogP contribution in [0, 0.1) is 5.92 Å². The number of hydrogen-bond acceptors (Lipinski definition) is 4. The fraction of sp³-hybridized carbons (Fsp3) is 0.429. The summed E-state index contributed by atoms with van der Waals surface area (Å²) in [4.78, 5) is 34.8. The topological polar surface area (TPSA) is 75.2 Å². The molecule has 2 amide bonds. The fourth-order valence-corrected chi connectivity index (χ4v) is 2.52. The number of rotatable bonds is 9. The highest BCUT2D eigenvalue weighted by Crippen LogP contribution is 2.07. The van der Waals surface area contributed by atoms with Crippen LogP contribution < -0.4 is 5.32 Å². The van der Waals surface area contributed by atoms with Crippen molar-refractivity contribution in [2.45, 2.75) is 39.7 Å². The molecule has 1 heterocycles. The van der Waals surface area contributed by atoms with E-state index < -0.39 is 0 Å². The third kappa shape index (κ3) is 6.81. The second-order valence-electron chi connectivity index (χ2n) is 6.97. The predicted molar refractivity (Wildman–Crippen MR) is 105 cm³/mol. The molecule has 0 aliphatic rings. The monoisotopic (exact) mass is 368 g/mol. The van der Waals surface area contributed by atoms with E-state index in [1.165, 1.54) is 18.6 Å². The molecular weight excluding hydrogens is 340 g/mol. The van der Waals surface area contributed by atoms with Crippen LogP contribution in [-0.4, -0.2) is 45.8 Å². The van der Waals surface area contributed by atoms with Crippen LogP contribution in [0.5, 0.6) is 0 Å². The smallest absolute Gasteiger partial charge is 0.274 e. The lowest BCUT2D eigenvalue weighted by Gasteiger charge is -2.23. The first-order valence-electron chi connectivity index (χ1n) is 9.36. The van der Waals surface area contributed by atoms with Crippen LogP contribution in [-0.2, 0) is 11.2 Å². The van der Waals surface area contributed by atoms with Crippen molar-refractivity contribution in [3.8, 4) is 0 Å². The van der Waals surface area contributed by atoms with Crippen molar-refractivity contribution >= 4 is 11.8 Å². The minimum absolute atomic E-state index is 0.0483. The van der Waals surface area contributed by atoms with E-state index in [9.17, 15) is 9.59 Å². The van der Waals surface area contributed by atoms with Gasteiger partial charge in [0.1, 0.15) is 5.69 Å². The highest BCUT2D eigenvalue weighted by atomic mass is 16.2. The summed E-state index contributed by atoms with van der Waals surface area (Å²) in [6.07, 6.45) is 5.47. The van der Waals surface area contributed by atoms with Crippen molar-refractivity contribution in [1.82, 2.24) is 20.2 Å². The Morgan fingerprint density at radius 3 is 2.44 bits per heavy atom. The van der Waals surface area contributed by atoms with Crippen molar-refractivity contribution in [2.75, 3.05) is 13.1 Å². The highest BCUT2D eigenvalue weighted by molar-refractivity contribution is 5.92. The Kier molecular flexibility index (Phi) is 7.92. The van der Waals surface area contributed by atoms with Gasteiger partial charge in [-0.25, -0.2) is 4.98 Å². The molecular formula is C21H28N4O2. The summed E-state index contributed by atoms with van der Waals surface area (Å²) in [7, 11) is 0. The van der Waals surface area contributed by atoms with Gasteiger partial charge in [-0.15, -0.1) is 0 Å². The maximum Gasteiger partial charge on any atom is 0.274 e. The number of carbonyl (C=O) groups excluding carboxylic acids is 2. The Morgan fingerprint density at radius 2 is 1.81 bits per heavy atom. The quantitative estimate of drug-likeness (QED) is 0.738. The Balaban J connectivity index is 2.00. The summed E-state index contributed by atoms with van der Waals surface area (Å²) in [5, 5.41) is 2.98. The van der Waals surface area contributed by atoms with Crippen molar-refractivity contribution in [3.05, 3.63) is 60.2 Å². The van der Waals surface area contributed by atoms with Crippen LogP contribution in [0.4, 0.5) is 0 Å². The Morgan fingerprint density at radius 1 is 1.07 bits per heavy atom. The van der Waals surface area contributed by atoms with Crippen LogP contribution in [0.25, 0.3) is 0 Å². The number of carbonyl (C=O) groups is 2. The molecule has 0 aliphatic carbocycles. The summed E-state index contributed by atoms with van der Waals surface area (Å²) in [5.41, 5.74) is 1.44. The van der Waals surface area contributed by atoms with Crippen molar-refractivity contribution in [1.29, 1.82) is 0 Å². The van der Waals surface area contributed by atoms with Crippen LogP contribution >= 0.6 is 0 Å². The molecule has 2 rings (SSSR count). The molecule has 0 spiro atoms. The van der Waals surface area contributed by atoms with Gasteiger partial charge in [0.05, 0.1) is 6.20 Å². The summed E-state index contributed by atoms with van der Waals surface area (Å²) in [5.74, 6) is 0.112. The second-order valence-corrected chi connectivity index (χ2v) is 6.97. The molecule has 0 saturated heterocycles. The van der Waals surface area contributed by atoms with Crippen molar-refractivity contribution in [3.63, 3.8) is 0 Å². The van der Waals surface area contributed by atoms with E-state index >= 15 is 0 Å². The molecule has 0 saturated carbocycles. The largest absolute Gasteiger partial charge is 0.353 e. The lowest BCUT2D eigenvalue weighted by Crippen LogP contribution is -2.40. The van der Waals surface area contributed by atoms with Crippen LogP contribution in [0.15, 0.2) is 48.9 Å². The van der Waals surface area contributed by atoms with Crippen molar-refractivity contribution in [2.24, 2.45) is 5.92 Å². The van der Waals surface area contributed by atoms with Gasteiger partial charge in [0.15, 0.2) is 0 Å². The first kappa shape index (κ1) is 20.6. The number of aromatic nitrogens is 2. The van der Waals surface area contributed by atoms with Gasteiger partial charge in [-0.05, 0) is 24.8 Å². The molecule has 1 N–H and O–H groups in total. The number of nitrogens with zero attached hydrogens (tertiary/aromatic N) is 3. The number of amides is 2. The molecule has 0 unspecified atom stereocenters. The number of nitrogens with one attached hydrogen (secondary N) is 1. The fourth-order valence-electron chi connectivity index (χ4n) is 2.52. The predicted octanol–water partition coefficient (Wildman–Crippen LogP) is 2.71. The van der Waals surface area contributed by atoms with Gasteiger partial charge in [-0.2, -0.15) is 0 Å². The molecule has 144 valence electrons. The SMILES string of the molecule is CC(C)[C@@H](C)NC(=O)CCN(CCc1ccccc1)C(=O)c1cnccn1. The van der Waals surface area contributed by atoms with E-state index in [1.54, 1.807) is 4.90 Å².